The van der Waals surface area contributed by atoms with Gasteiger partial charge in [-0.1, -0.05) is 0 Å². The van der Waals surface area contributed by atoms with Gasteiger partial charge in [0.1, 0.15) is 18.2 Å². The molecule has 0 spiro atoms. The molecular formula is C18H17F5N6O. The Hall–Kier alpha value is -3.44. The number of nitrogens with zero attached hydrogens (tertiary/aromatic N) is 4. The number of hydrogen-bond donors (Lipinski definition) is 2. The van der Waals surface area contributed by atoms with E-state index in [1.54, 1.807) is 6.92 Å². The molecule has 1 aromatic carbocycles. The topological polar surface area (TPSA) is 90.9 Å². The van der Waals surface area contributed by atoms with E-state index in [0.29, 0.717) is 22.0 Å². The number of rotatable bonds is 6. The molecule has 0 atom stereocenters. The molecule has 0 saturated heterocycles. The normalized spacial score (nSPS) is 11.6. The number of nitrogen functional groups attached to an aromatic ring is 1. The zero-order valence-corrected chi connectivity index (χ0v) is 15.9. The van der Waals surface area contributed by atoms with Gasteiger partial charge in [0.25, 0.3) is 0 Å². The Morgan fingerprint density at radius 1 is 1.20 bits per heavy atom. The molecule has 30 heavy (non-hydrogen) atoms. The monoisotopic (exact) mass is 428 g/mol. The fourth-order valence-electron chi connectivity index (χ4n) is 2.79. The Morgan fingerprint density at radius 3 is 2.60 bits per heavy atom. The lowest BCUT2D eigenvalue weighted by molar-refractivity contribution is -0.142. The van der Waals surface area contributed by atoms with Gasteiger partial charge in [0, 0.05) is 29.8 Å². The second-order valence-corrected chi connectivity index (χ2v) is 6.43. The van der Waals surface area contributed by atoms with Gasteiger partial charge < -0.3 is 15.8 Å². The molecule has 7 nitrogen and oxygen atoms in total. The molecule has 0 radical (unpaired) electrons. The number of halogens is 5. The highest BCUT2D eigenvalue weighted by atomic mass is 19.4. The first-order valence-electron chi connectivity index (χ1n) is 8.57. The first kappa shape index (κ1) is 21.3. The molecule has 0 fully saturated rings. The van der Waals surface area contributed by atoms with Crippen molar-refractivity contribution in [2.75, 3.05) is 18.2 Å². The average Bonchev–Trinajstić information content (AvgIpc) is 3.03. The molecule has 0 aliphatic carbocycles. The van der Waals surface area contributed by atoms with E-state index >= 15 is 0 Å². The summed E-state index contributed by atoms with van der Waals surface area (Å²) in [5, 5.41) is 6.34. The SMILES string of the molecule is COc1c(F)cc(F)cc1Cc1nc(Nc2cnn(CC(F)(F)F)c2)nc(N)c1C. The van der Waals surface area contributed by atoms with E-state index < -0.39 is 24.4 Å². The van der Waals surface area contributed by atoms with Crippen LogP contribution in [0.4, 0.5) is 39.4 Å². The molecule has 2 heterocycles. The number of alkyl halides is 3. The van der Waals surface area contributed by atoms with Gasteiger partial charge in [-0.3, -0.25) is 4.68 Å². The van der Waals surface area contributed by atoms with Crippen molar-refractivity contribution >= 4 is 17.5 Å². The number of nitrogens with two attached hydrogens (primary N) is 1. The van der Waals surface area contributed by atoms with Crippen molar-refractivity contribution in [2.24, 2.45) is 0 Å². The van der Waals surface area contributed by atoms with Crippen LogP contribution in [0.5, 0.6) is 5.75 Å². The minimum absolute atomic E-state index is 0.00417. The van der Waals surface area contributed by atoms with Crippen molar-refractivity contribution in [1.82, 2.24) is 19.7 Å². The second kappa shape index (κ2) is 8.13. The lowest BCUT2D eigenvalue weighted by Crippen LogP contribution is -2.17. The molecule has 160 valence electrons. The van der Waals surface area contributed by atoms with Crippen LogP contribution in [0.15, 0.2) is 24.5 Å². The zero-order valence-electron chi connectivity index (χ0n) is 15.9. The number of ether oxygens (including phenoxy) is 1. The van der Waals surface area contributed by atoms with Crippen LogP contribution in [0.2, 0.25) is 0 Å². The van der Waals surface area contributed by atoms with E-state index in [0.717, 1.165) is 12.3 Å². The van der Waals surface area contributed by atoms with Crippen LogP contribution < -0.4 is 15.8 Å². The third-order valence-electron chi connectivity index (χ3n) is 4.16. The predicted molar refractivity (Wildman–Crippen MR) is 98.5 cm³/mol. The summed E-state index contributed by atoms with van der Waals surface area (Å²) in [5.74, 6) is -1.67. The third-order valence-corrected chi connectivity index (χ3v) is 4.16. The number of nitrogens with one attached hydrogen (secondary N) is 1. The summed E-state index contributed by atoms with van der Waals surface area (Å²) < 4.78 is 70.7. The van der Waals surface area contributed by atoms with E-state index in [-0.39, 0.29) is 35.2 Å². The van der Waals surface area contributed by atoms with Crippen LogP contribution in [0.3, 0.4) is 0 Å². The van der Waals surface area contributed by atoms with Gasteiger partial charge in [-0.2, -0.15) is 23.3 Å². The van der Waals surface area contributed by atoms with Gasteiger partial charge in [-0.15, -0.1) is 0 Å². The highest BCUT2D eigenvalue weighted by Crippen LogP contribution is 2.28. The Balaban J connectivity index is 1.89. The highest BCUT2D eigenvalue weighted by Gasteiger charge is 2.28. The standard InChI is InChI=1S/C18H17F5N6O/c1-9-14(4-10-3-11(19)5-13(20)15(10)30-2)27-17(28-16(9)24)26-12-6-25-29(7-12)8-18(21,22)23/h3,5-7H,4,8H2,1-2H3,(H3,24,26,27,28). The van der Waals surface area contributed by atoms with Crippen LogP contribution in [0, 0.1) is 18.6 Å². The number of methoxy groups -OCH3 is 1. The number of hydrogen-bond acceptors (Lipinski definition) is 6. The van der Waals surface area contributed by atoms with Crippen LogP contribution >= 0.6 is 0 Å². The van der Waals surface area contributed by atoms with E-state index in [9.17, 15) is 22.0 Å². The summed E-state index contributed by atoms with van der Waals surface area (Å²) in [4.78, 5) is 8.33. The number of aromatic nitrogens is 4. The van der Waals surface area contributed by atoms with Gasteiger partial charge >= 0.3 is 6.18 Å². The predicted octanol–water partition coefficient (Wildman–Crippen LogP) is 3.75. The van der Waals surface area contributed by atoms with E-state index in [1.165, 1.54) is 13.3 Å². The summed E-state index contributed by atoms with van der Waals surface area (Å²) >= 11 is 0. The van der Waals surface area contributed by atoms with Gasteiger partial charge in [-0.05, 0) is 13.0 Å². The highest BCUT2D eigenvalue weighted by molar-refractivity contribution is 5.55. The largest absolute Gasteiger partial charge is 0.493 e. The third kappa shape index (κ3) is 4.93. The lowest BCUT2D eigenvalue weighted by Gasteiger charge is -2.13. The maximum atomic E-state index is 14.0. The summed E-state index contributed by atoms with van der Waals surface area (Å²) in [6.07, 6.45) is -2.12. The van der Waals surface area contributed by atoms with Crippen LogP contribution in [0.25, 0.3) is 0 Å². The summed E-state index contributed by atoms with van der Waals surface area (Å²) in [5.41, 5.74) is 7.17. The van der Waals surface area contributed by atoms with E-state index in [4.69, 9.17) is 10.5 Å². The van der Waals surface area contributed by atoms with Crippen molar-refractivity contribution in [1.29, 1.82) is 0 Å². The fraction of sp³-hybridized carbons (Fsp3) is 0.278. The average molecular weight is 428 g/mol. The quantitative estimate of drug-likeness (QED) is 0.582. The molecule has 3 aromatic rings. The Morgan fingerprint density at radius 2 is 1.93 bits per heavy atom. The number of anilines is 3. The molecule has 0 aliphatic heterocycles. The Labute approximate surface area is 167 Å². The van der Waals surface area contributed by atoms with Crippen molar-refractivity contribution in [3.63, 3.8) is 0 Å². The minimum atomic E-state index is -4.42. The maximum absolute atomic E-state index is 14.0. The zero-order chi connectivity index (χ0) is 22.1. The lowest BCUT2D eigenvalue weighted by atomic mass is 10.0. The molecule has 3 N–H and O–H groups in total. The maximum Gasteiger partial charge on any atom is 0.408 e. The smallest absolute Gasteiger partial charge is 0.408 e. The molecule has 2 aromatic heterocycles. The van der Waals surface area contributed by atoms with Crippen molar-refractivity contribution in [2.45, 2.75) is 26.1 Å². The first-order valence-corrected chi connectivity index (χ1v) is 8.57. The van der Waals surface area contributed by atoms with Crippen LogP contribution in [-0.2, 0) is 13.0 Å². The van der Waals surface area contributed by atoms with E-state index in [1.807, 2.05) is 0 Å². The summed E-state index contributed by atoms with van der Waals surface area (Å²) in [6, 6.07) is 1.82. The minimum Gasteiger partial charge on any atom is -0.493 e. The summed E-state index contributed by atoms with van der Waals surface area (Å²) in [6.45, 7) is 0.389. The Kier molecular flexibility index (Phi) is 5.76. The molecule has 0 bridgehead atoms. The first-order chi connectivity index (χ1) is 14.1. The van der Waals surface area contributed by atoms with E-state index in [2.05, 4.69) is 20.4 Å². The van der Waals surface area contributed by atoms with Crippen molar-refractivity contribution in [3.8, 4) is 5.75 Å². The van der Waals surface area contributed by atoms with Gasteiger partial charge in [0.15, 0.2) is 11.6 Å². The molecular weight excluding hydrogens is 411 g/mol. The van der Waals surface area contributed by atoms with Crippen LogP contribution in [-0.4, -0.2) is 33.0 Å². The Bertz CT molecular complexity index is 1070. The van der Waals surface area contributed by atoms with Crippen LogP contribution in [0.1, 0.15) is 16.8 Å². The molecule has 0 saturated carbocycles. The van der Waals surface area contributed by atoms with Gasteiger partial charge in [-0.25, -0.2) is 13.8 Å². The molecule has 0 unspecified atom stereocenters. The van der Waals surface area contributed by atoms with Crippen molar-refractivity contribution in [3.05, 3.63) is 53.0 Å². The number of benzene rings is 1. The second-order valence-electron chi connectivity index (χ2n) is 6.43. The van der Waals surface area contributed by atoms with Gasteiger partial charge in [0.2, 0.25) is 5.95 Å². The molecule has 3 rings (SSSR count). The molecule has 0 amide bonds. The summed E-state index contributed by atoms with van der Waals surface area (Å²) in [7, 11) is 1.26. The fourth-order valence-corrected chi connectivity index (χ4v) is 2.79. The van der Waals surface area contributed by atoms with Gasteiger partial charge in [0.05, 0.1) is 24.7 Å². The van der Waals surface area contributed by atoms with Crippen molar-refractivity contribution < 1.29 is 26.7 Å². The molecule has 0 aliphatic rings. The molecule has 12 heteroatoms.